The molecule has 3 N–H and O–H groups in total. The molecule has 1 aromatic carbocycles. The van der Waals surface area contributed by atoms with E-state index in [1.165, 1.54) is 6.07 Å². The van der Waals surface area contributed by atoms with Crippen LogP contribution in [-0.4, -0.2) is 11.9 Å². The van der Waals surface area contributed by atoms with Crippen LogP contribution < -0.4 is 11.1 Å². The third kappa shape index (κ3) is 3.02. The van der Waals surface area contributed by atoms with Gasteiger partial charge in [-0.15, -0.1) is 0 Å². The van der Waals surface area contributed by atoms with Crippen molar-refractivity contribution < 1.29 is 9.18 Å². The number of hydrogen-bond donors (Lipinski definition) is 2. The van der Waals surface area contributed by atoms with Gasteiger partial charge in [-0.2, -0.15) is 0 Å². The number of hydrogen-bond acceptors (Lipinski definition) is 2. The number of rotatable bonds is 2. The van der Waals surface area contributed by atoms with Crippen molar-refractivity contribution in [1.29, 1.82) is 0 Å². The summed E-state index contributed by atoms with van der Waals surface area (Å²) in [4.78, 5) is 12.6. The van der Waals surface area contributed by atoms with E-state index < -0.39 is 0 Å². The van der Waals surface area contributed by atoms with Gasteiger partial charge in [0, 0.05) is 12.0 Å². The summed E-state index contributed by atoms with van der Waals surface area (Å²) in [7, 11) is 0. The summed E-state index contributed by atoms with van der Waals surface area (Å²) in [5, 5.41) is 3.18. The second-order valence-corrected chi connectivity index (χ2v) is 6.93. The highest BCUT2D eigenvalue weighted by Gasteiger charge is 2.32. The summed E-state index contributed by atoms with van der Waals surface area (Å²) in [6.07, 6.45) is 5.37. The number of carbonyl (C=O) groups is 1. The van der Waals surface area contributed by atoms with E-state index >= 15 is 0 Å². The van der Waals surface area contributed by atoms with Gasteiger partial charge in [-0.25, -0.2) is 4.39 Å². The maximum absolute atomic E-state index is 14.0. The first-order chi connectivity index (χ1) is 10.6. The van der Waals surface area contributed by atoms with E-state index in [0.29, 0.717) is 5.92 Å². The fourth-order valence-electron chi connectivity index (χ4n) is 3.93. The highest BCUT2D eigenvalue weighted by molar-refractivity contribution is 5.79. The van der Waals surface area contributed by atoms with E-state index in [4.69, 9.17) is 5.73 Å². The zero-order valence-corrected chi connectivity index (χ0v) is 13.1. The van der Waals surface area contributed by atoms with Gasteiger partial charge >= 0.3 is 0 Å². The Balaban J connectivity index is 1.77. The standard InChI is InChI=1S/C18H25FN2O/c1-11-8-9-14-15(6-3-7-16(14)19)17(11)21-18(22)12-4-2-5-13(20)10-12/h3,6-7,11-13,17H,2,4-5,8-10,20H2,1H3,(H,21,22). The van der Waals surface area contributed by atoms with E-state index in [1.54, 1.807) is 6.07 Å². The first-order valence-corrected chi connectivity index (χ1v) is 8.39. The first-order valence-electron chi connectivity index (χ1n) is 8.39. The Labute approximate surface area is 131 Å². The van der Waals surface area contributed by atoms with Gasteiger partial charge in [-0.1, -0.05) is 25.5 Å². The molecule has 0 aromatic heterocycles. The van der Waals surface area contributed by atoms with Crippen molar-refractivity contribution in [1.82, 2.24) is 5.32 Å². The molecule has 120 valence electrons. The highest BCUT2D eigenvalue weighted by atomic mass is 19.1. The van der Waals surface area contributed by atoms with Crippen molar-refractivity contribution in [2.45, 2.75) is 57.5 Å². The summed E-state index contributed by atoms with van der Waals surface area (Å²) in [5.41, 5.74) is 7.71. The lowest BCUT2D eigenvalue weighted by molar-refractivity contribution is -0.127. The van der Waals surface area contributed by atoms with Crippen LogP contribution in [0.5, 0.6) is 0 Å². The molecule has 1 saturated carbocycles. The molecule has 22 heavy (non-hydrogen) atoms. The predicted molar refractivity (Wildman–Crippen MR) is 84.7 cm³/mol. The van der Waals surface area contributed by atoms with Gasteiger partial charge in [0.1, 0.15) is 5.82 Å². The maximum atomic E-state index is 14.0. The Morgan fingerprint density at radius 1 is 1.32 bits per heavy atom. The molecule has 1 fully saturated rings. The molecule has 1 aromatic rings. The van der Waals surface area contributed by atoms with Crippen LogP contribution in [0.1, 0.15) is 56.2 Å². The summed E-state index contributed by atoms with van der Waals surface area (Å²) in [6.45, 7) is 2.13. The van der Waals surface area contributed by atoms with Gasteiger partial charge in [-0.3, -0.25) is 4.79 Å². The van der Waals surface area contributed by atoms with Gasteiger partial charge in [0.15, 0.2) is 0 Å². The maximum Gasteiger partial charge on any atom is 0.223 e. The van der Waals surface area contributed by atoms with Crippen LogP contribution >= 0.6 is 0 Å². The number of fused-ring (bicyclic) bond motifs is 1. The van der Waals surface area contributed by atoms with Crippen LogP contribution in [0.25, 0.3) is 0 Å². The molecule has 2 aliphatic carbocycles. The van der Waals surface area contributed by atoms with Crippen molar-refractivity contribution >= 4 is 5.91 Å². The van der Waals surface area contributed by atoms with E-state index in [1.807, 2.05) is 6.07 Å². The molecule has 1 amide bonds. The van der Waals surface area contributed by atoms with E-state index in [-0.39, 0.29) is 29.7 Å². The Morgan fingerprint density at radius 3 is 2.91 bits per heavy atom. The van der Waals surface area contributed by atoms with E-state index in [2.05, 4.69) is 12.2 Å². The minimum atomic E-state index is -0.150. The number of halogens is 1. The second-order valence-electron chi connectivity index (χ2n) is 6.93. The Hall–Kier alpha value is -1.42. The molecule has 2 aliphatic rings. The number of nitrogens with two attached hydrogens (primary N) is 1. The van der Waals surface area contributed by atoms with Crippen LogP contribution in [0, 0.1) is 17.7 Å². The molecule has 0 aliphatic heterocycles. The van der Waals surface area contributed by atoms with Crippen molar-refractivity contribution in [3.05, 3.63) is 35.1 Å². The summed E-state index contributed by atoms with van der Waals surface area (Å²) < 4.78 is 14.0. The average Bonchev–Trinajstić information content (AvgIpc) is 2.50. The van der Waals surface area contributed by atoms with E-state index in [0.717, 1.165) is 49.7 Å². The van der Waals surface area contributed by atoms with Gasteiger partial charge in [0.05, 0.1) is 6.04 Å². The molecule has 4 atom stereocenters. The van der Waals surface area contributed by atoms with Crippen molar-refractivity contribution in [2.24, 2.45) is 17.6 Å². The predicted octanol–water partition coefficient (Wildman–Crippen LogP) is 3.08. The quantitative estimate of drug-likeness (QED) is 0.882. The van der Waals surface area contributed by atoms with Crippen molar-refractivity contribution in [2.75, 3.05) is 0 Å². The SMILES string of the molecule is CC1CCc2c(F)cccc2C1NC(=O)C1CCCC(N)C1. The summed E-state index contributed by atoms with van der Waals surface area (Å²) in [5.74, 6) is 0.276. The molecule has 0 spiro atoms. The summed E-state index contributed by atoms with van der Waals surface area (Å²) in [6, 6.07) is 5.25. The number of carbonyl (C=O) groups excluding carboxylic acids is 1. The van der Waals surface area contributed by atoms with Crippen LogP contribution in [0.2, 0.25) is 0 Å². The second kappa shape index (κ2) is 6.37. The van der Waals surface area contributed by atoms with Crippen molar-refractivity contribution in [3.8, 4) is 0 Å². The summed E-state index contributed by atoms with van der Waals surface area (Å²) >= 11 is 0. The smallest absolute Gasteiger partial charge is 0.223 e. The van der Waals surface area contributed by atoms with Crippen LogP contribution in [-0.2, 0) is 11.2 Å². The van der Waals surface area contributed by atoms with Crippen LogP contribution in [0.3, 0.4) is 0 Å². The number of amides is 1. The molecule has 4 unspecified atom stereocenters. The van der Waals surface area contributed by atoms with E-state index in [9.17, 15) is 9.18 Å². The monoisotopic (exact) mass is 304 g/mol. The molecule has 3 nitrogen and oxygen atoms in total. The van der Waals surface area contributed by atoms with Crippen molar-refractivity contribution in [3.63, 3.8) is 0 Å². The molecule has 4 heteroatoms. The largest absolute Gasteiger partial charge is 0.349 e. The molecule has 0 radical (unpaired) electrons. The Bertz CT molecular complexity index is 560. The lowest BCUT2D eigenvalue weighted by Crippen LogP contribution is -2.42. The third-order valence-corrected chi connectivity index (χ3v) is 5.29. The average molecular weight is 304 g/mol. The Kier molecular flexibility index (Phi) is 4.48. The third-order valence-electron chi connectivity index (χ3n) is 5.29. The van der Waals surface area contributed by atoms with Gasteiger partial charge in [0.25, 0.3) is 0 Å². The molecular weight excluding hydrogens is 279 g/mol. The van der Waals surface area contributed by atoms with Gasteiger partial charge < -0.3 is 11.1 Å². The van der Waals surface area contributed by atoms with Crippen LogP contribution in [0.4, 0.5) is 4.39 Å². The molecule has 0 bridgehead atoms. The highest BCUT2D eigenvalue weighted by Crippen LogP contribution is 2.36. The zero-order valence-electron chi connectivity index (χ0n) is 13.1. The lowest BCUT2D eigenvalue weighted by atomic mass is 9.79. The minimum absolute atomic E-state index is 0.00915. The topological polar surface area (TPSA) is 55.1 Å². The fourth-order valence-corrected chi connectivity index (χ4v) is 3.93. The number of nitrogens with one attached hydrogen (secondary N) is 1. The minimum Gasteiger partial charge on any atom is -0.349 e. The first kappa shape index (κ1) is 15.5. The van der Waals surface area contributed by atoms with Gasteiger partial charge in [-0.05, 0) is 55.2 Å². The Morgan fingerprint density at radius 2 is 2.14 bits per heavy atom. The van der Waals surface area contributed by atoms with Gasteiger partial charge in [0.2, 0.25) is 5.91 Å². The zero-order chi connectivity index (χ0) is 15.7. The molecule has 0 heterocycles. The normalized spacial score (nSPS) is 31.4. The fraction of sp³-hybridized carbons (Fsp3) is 0.611. The molecule has 0 saturated heterocycles. The molecule has 3 rings (SSSR count). The van der Waals surface area contributed by atoms with Crippen LogP contribution in [0.15, 0.2) is 18.2 Å². The lowest BCUT2D eigenvalue weighted by Gasteiger charge is -2.34. The number of benzene rings is 1. The molecular formula is C18H25FN2O.